The van der Waals surface area contributed by atoms with Gasteiger partial charge in [-0.3, -0.25) is 0 Å². The molecule has 1 aromatic heterocycles. The summed E-state index contributed by atoms with van der Waals surface area (Å²) < 4.78 is 14.8. The van der Waals surface area contributed by atoms with Gasteiger partial charge >= 0.3 is 0 Å². The Morgan fingerprint density at radius 3 is 2.68 bits per heavy atom. The molecule has 0 N–H and O–H groups in total. The van der Waals surface area contributed by atoms with Crippen molar-refractivity contribution in [1.29, 1.82) is 0 Å². The average Bonchev–Trinajstić information content (AvgIpc) is 2.85. The SMILES string of the molecule is CC(C)CCN(c1ncc(Br)cc1F)C1CCCC1. The van der Waals surface area contributed by atoms with E-state index in [4.69, 9.17) is 0 Å². The van der Waals surface area contributed by atoms with E-state index in [0.29, 0.717) is 22.3 Å². The van der Waals surface area contributed by atoms with E-state index in [-0.39, 0.29) is 5.82 Å². The van der Waals surface area contributed by atoms with E-state index >= 15 is 0 Å². The molecule has 1 aromatic rings. The molecule has 0 aromatic carbocycles. The van der Waals surface area contributed by atoms with Crippen LogP contribution in [0.1, 0.15) is 46.0 Å². The fourth-order valence-corrected chi connectivity index (χ4v) is 3.00. The van der Waals surface area contributed by atoms with Crippen molar-refractivity contribution in [1.82, 2.24) is 4.98 Å². The van der Waals surface area contributed by atoms with Crippen LogP contribution in [-0.2, 0) is 0 Å². The van der Waals surface area contributed by atoms with Gasteiger partial charge in [-0.15, -0.1) is 0 Å². The van der Waals surface area contributed by atoms with Crippen molar-refractivity contribution >= 4 is 21.7 Å². The highest BCUT2D eigenvalue weighted by Gasteiger charge is 2.25. The zero-order valence-corrected chi connectivity index (χ0v) is 13.3. The third kappa shape index (κ3) is 3.91. The monoisotopic (exact) mass is 328 g/mol. The predicted octanol–water partition coefficient (Wildman–Crippen LogP) is 4.78. The summed E-state index contributed by atoms with van der Waals surface area (Å²) in [5, 5.41) is 0. The summed E-state index contributed by atoms with van der Waals surface area (Å²) in [7, 11) is 0. The minimum absolute atomic E-state index is 0.218. The maximum atomic E-state index is 14.1. The van der Waals surface area contributed by atoms with Crippen LogP contribution in [0.15, 0.2) is 16.7 Å². The summed E-state index contributed by atoms with van der Waals surface area (Å²) in [5.41, 5.74) is 0. The normalized spacial score (nSPS) is 16.3. The summed E-state index contributed by atoms with van der Waals surface area (Å²) in [6, 6.07) is 1.97. The lowest BCUT2D eigenvalue weighted by molar-refractivity contribution is 0.511. The van der Waals surface area contributed by atoms with Gasteiger partial charge in [0.05, 0.1) is 0 Å². The van der Waals surface area contributed by atoms with Crippen molar-refractivity contribution in [3.05, 3.63) is 22.6 Å². The van der Waals surface area contributed by atoms with Crippen LogP contribution in [0.3, 0.4) is 0 Å². The van der Waals surface area contributed by atoms with Crippen molar-refractivity contribution in [3.8, 4) is 0 Å². The third-order valence-electron chi connectivity index (χ3n) is 3.77. The highest BCUT2D eigenvalue weighted by molar-refractivity contribution is 9.10. The van der Waals surface area contributed by atoms with E-state index in [0.717, 1.165) is 25.8 Å². The molecular weight excluding hydrogens is 307 g/mol. The molecule has 1 fully saturated rings. The van der Waals surface area contributed by atoms with E-state index < -0.39 is 0 Å². The number of aromatic nitrogens is 1. The molecule has 0 atom stereocenters. The molecule has 1 aliphatic carbocycles. The van der Waals surface area contributed by atoms with E-state index in [1.165, 1.54) is 18.9 Å². The van der Waals surface area contributed by atoms with Crippen molar-refractivity contribution in [2.24, 2.45) is 5.92 Å². The lowest BCUT2D eigenvalue weighted by Crippen LogP contribution is -2.36. The molecule has 0 unspecified atom stereocenters. The zero-order valence-electron chi connectivity index (χ0n) is 11.7. The summed E-state index contributed by atoms with van der Waals surface area (Å²) in [6.07, 6.45) is 7.59. The highest BCUT2D eigenvalue weighted by atomic mass is 79.9. The first-order valence-corrected chi connectivity index (χ1v) is 7.95. The lowest BCUT2D eigenvalue weighted by Gasteiger charge is -2.31. The molecule has 1 saturated carbocycles. The molecule has 4 heteroatoms. The van der Waals surface area contributed by atoms with Crippen LogP contribution in [0, 0.1) is 11.7 Å². The van der Waals surface area contributed by atoms with Crippen LogP contribution in [0.2, 0.25) is 0 Å². The minimum Gasteiger partial charge on any atom is -0.351 e. The Morgan fingerprint density at radius 2 is 2.11 bits per heavy atom. The van der Waals surface area contributed by atoms with Gasteiger partial charge in [0.1, 0.15) is 0 Å². The highest BCUT2D eigenvalue weighted by Crippen LogP contribution is 2.30. The molecular formula is C15H22BrFN2. The summed E-state index contributed by atoms with van der Waals surface area (Å²) >= 11 is 3.27. The van der Waals surface area contributed by atoms with Gasteiger partial charge in [-0.05, 0) is 47.2 Å². The summed E-state index contributed by atoms with van der Waals surface area (Å²) in [5.74, 6) is 0.934. The first kappa shape index (κ1) is 14.8. The molecule has 0 saturated heterocycles. The van der Waals surface area contributed by atoms with Crippen molar-refractivity contribution < 1.29 is 4.39 Å². The molecule has 0 bridgehead atoms. The maximum absolute atomic E-state index is 14.1. The molecule has 2 nitrogen and oxygen atoms in total. The van der Waals surface area contributed by atoms with Crippen molar-refractivity contribution in [2.45, 2.75) is 52.0 Å². The van der Waals surface area contributed by atoms with Gasteiger partial charge in [0.25, 0.3) is 0 Å². The van der Waals surface area contributed by atoms with Gasteiger partial charge in [-0.1, -0.05) is 26.7 Å². The van der Waals surface area contributed by atoms with Crippen LogP contribution in [0.4, 0.5) is 10.2 Å². The van der Waals surface area contributed by atoms with E-state index in [9.17, 15) is 4.39 Å². The van der Waals surface area contributed by atoms with Gasteiger partial charge in [0, 0.05) is 23.3 Å². The van der Waals surface area contributed by atoms with E-state index in [1.54, 1.807) is 6.20 Å². The smallest absolute Gasteiger partial charge is 0.166 e. The number of halogens is 2. The Kier molecular flexibility index (Phi) is 5.20. The first-order valence-electron chi connectivity index (χ1n) is 7.15. The topological polar surface area (TPSA) is 16.1 Å². The third-order valence-corrected chi connectivity index (χ3v) is 4.21. The second-order valence-corrected chi connectivity index (χ2v) is 6.69. The number of nitrogens with zero attached hydrogens (tertiary/aromatic N) is 2. The van der Waals surface area contributed by atoms with Gasteiger partial charge in [-0.25, -0.2) is 9.37 Å². The zero-order chi connectivity index (χ0) is 13.8. The second kappa shape index (κ2) is 6.69. The molecule has 0 spiro atoms. The molecule has 19 heavy (non-hydrogen) atoms. The lowest BCUT2D eigenvalue weighted by atomic mass is 10.1. The quantitative estimate of drug-likeness (QED) is 0.773. The Morgan fingerprint density at radius 1 is 1.42 bits per heavy atom. The van der Waals surface area contributed by atoms with E-state index in [1.807, 2.05) is 0 Å². The number of hydrogen-bond donors (Lipinski definition) is 0. The fraction of sp³-hybridized carbons (Fsp3) is 0.667. The molecule has 106 valence electrons. The molecule has 1 heterocycles. The average molecular weight is 329 g/mol. The standard InChI is InChI=1S/C15H22BrFN2/c1-11(2)7-8-19(13-5-3-4-6-13)15-14(17)9-12(16)10-18-15/h9-11,13H,3-8H2,1-2H3. The number of anilines is 1. The predicted molar refractivity (Wildman–Crippen MR) is 81.0 cm³/mol. The molecule has 0 amide bonds. The Labute approximate surface area is 123 Å². The molecule has 0 radical (unpaired) electrons. The van der Waals surface area contributed by atoms with Crippen molar-refractivity contribution in [3.63, 3.8) is 0 Å². The molecule has 0 aliphatic heterocycles. The van der Waals surface area contributed by atoms with Crippen LogP contribution in [0.5, 0.6) is 0 Å². The number of rotatable bonds is 5. The fourth-order valence-electron chi connectivity index (χ4n) is 2.69. The Bertz CT molecular complexity index is 417. The summed E-state index contributed by atoms with van der Waals surface area (Å²) in [4.78, 5) is 6.49. The molecule has 1 aliphatic rings. The Balaban J connectivity index is 2.19. The van der Waals surface area contributed by atoms with Crippen molar-refractivity contribution in [2.75, 3.05) is 11.4 Å². The maximum Gasteiger partial charge on any atom is 0.166 e. The van der Waals surface area contributed by atoms with Gasteiger partial charge < -0.3 is 4.90 Å². The van der Waals surface area contributed by atoms with Gasteiger partial charge in [0.2, 0.25) is 0 Å². The van der Waals surface area contributed by atoms with Gasteiger partial charge in [0.15, 0.2) is 11.6 Å². The van der Waals surface area contributed by atoms with Crippen LogP contribution in [-0.4, -0.2) is 17.6 Å². The van der Waals surface area contributed by atoms with Gasteiger partial charge in [-0.2, -0.15) is 0 Å². The number of pyridine rings is 1. The largest absolute Gasteiger partial charge is 0.351 e. The van der Waals surface area contributed by atoms with E-state index in [2.05, 4.69) is 39.7 Å². The number of hydrogen-bond acceptors (Lipinski definition) is 2. The second-order valence-electron chi connectivity index (χ2n) is 5.77. The van der Waals surface area contributed by atoms with Crippen LogP contribution >= 0.6 is 15.9 Å². The van der Waals surface area contributed by atoms with Crippen LogP contribution < -0.4 is 4.90 Å². The molecule has 2 rings (SSSR count). The van der Waals surface area contributed by atoms with Crippen LogP contribution in [0.25, 0.3) is 0 Å². The Hall–Kier alpha value is -0.640. The summed E-state index contributed by atoms with van der Waals surface area (Å²) in [6.45, 7) is 5.31. The first-order chi connectivity index (χ1) is 9.08. The minimum atomic E-state index is -0.218.